The highest BCUT2D eigenvalue weighted by Crippen LogP contribution is 2.42. The average molecular weight is 419 g/mol. The lowest BCUT2D eigenvalue weighted by Crippen LogP contribution is -1.98. The van der Waals surface area contributed by atoms with Gasteiger partial charge in [0.25, 0.3) is 0 Å². The fraction of sp³-hybridized carbons (Fsp3) is 1.00. The number of nitrogens with one attached hydrogen (secondary N) is 1. The van der Waals surface area contributed by atoms with Gasteiger partial charge in [-0.25, -0.2) is 0 Å². The highest BCUT2D eigenvalue weighted by molar-refractivity contribution is 7.52. The van der Waals surface area contributed by atoms with Gasteiger partial charge in [0.15, 0.2) is 0 Å². The molecule has 0 aliphatic rings. The van der Waals surface area contributed by atoms with E-state index in [9.17, 15) is 9.46 Å². The Kier molecular flexibility index (Phi) is 20.8. The number of hydrogen-bond donors (Lipinski definition) is 2. The molecule has 0 saturated heterocycles. The first kappa shape index (κ1) is 27.5. The maximum absolute atomic E-state index is 11.8. The number of nitrogens with zero attached hydrogens (tertiary/aromatic N) is 2. The van der Waals surface area contributed by atoms with E-state index in [1.807, 2.05) is 0 Å². The van der Waals surface area contributed by atoms with E-state index >= 15 is 0 Å². The first-order valence-electron chi connectivity index (χ1n) is 11.6. The molecule has 0 saturated carbocycles. The smallest absolute Gasteiger partial charge is 0.324 e. The second kappa shape index (κ2) is 21.2. The molecular weight excluding hydrogens is 373 g/mol. The summed E-state index contributed by atoms with van der Waals surface area (Å²) in [5.41, 5.74) is 6.52. The largest absolute Gasteiger partial charge is 0.328 e. The minimum absolute atomic E-state index is 0.0882. The van der Waals surface area contributed by atoms with Crippen LogP contribution >= 0.6 is 7.60 Å². The first-order chi connectivity index (χ1) is 13.6. The summed E-state index contributed by atoms with van der Waals surface area (Å²) in [6.45, 7) is 2.92. The molecule has 7 heteroatoms. The van der Waals surface area contributed by atoms with Crippen molar-refractivity contribution in [2.24, 2.45) is 5.11 Å². The number of unbranched alkanes of at least 4 members (excludes halogenated alkanes) is 15. The van der Waals surface area contributed by atoms with Gasteiger partial charge in [-0.1, -0.05) is 103 Å². The molecule has 0 bridgehead atoms. The van der Waals surface area contributed by atoms with Crippen molar-refractivity contribution in [1.82, 2.24) is 4.91 Å². The Morgan fingerprint density at radius 2 is 1.21 bits per heavy atom. The van der Waals surface area contributed by atoms with Crippen molar-refractivity contribution in [2.75, 3.05) is 19.3 Å². The fourth-order valence-electron chi connectivity index (χ4n) is 3.31. The van der Waals surface area contributed by atoms with Crippen LogP contribution in [0, 0.1) is 5.53 Å². The van der Waals surface area contributed by atoms with E-state index in [4.69, 9.17) is 10.1 Å². The van der Waals surface area contributed by atoms with Crippen LogP contribution in [0.15, 0.2) is 5.11 Å². The van der Waals surface area contributed by atoms with Crippen molar-refractivity contribution in [2.45, 2.75) is 116 Å². The van der Waals surface area contributed by atoms with E-state index in [-0.39, 0.29) is 6.16 Å². The van der Waals surface area contributed by atoms with E-state index in [2.05, 4.69) is 16.9 Å². The Balaban J connectivity index is 3.23. The predicted octanol–water partition coefficient (Wildman–Crippen LogP) is 7.39. The number of rotatable bonds is 22. The van der Waals surface area contributed by atoms with Gasteiger partial charge < -0.3 is 9.42 Å². The lowest BCUT2D eigenvalue weighted by atomic mass is 10.0. The maximum atomic E-state index is 11.8. The Morgan fingerprint density at radius 3 is 1.64 bits per heavy atom. The molecular formula is C21H45N3O3P+. The molecule has 0 radical (unpaired) electrons. The third-order valence-corrected chi connectivity index (χ3v) is 6.53. The highest BCUT2D eigenvalue weighted by Gasteiger charge is 2.18. The normalized spacial score (nSPS) is 13.2. The van der Waals surface area contributed by atoms with Gasteiger partial charge >= 0.3 is 7.60 Å². The molecule has 1 atom stereocenters. The monoisotopic (exact) mass is 418 g/mol. The minimum atomic E-state index is -3.49. The Bertz CT molecular complexity index is 429. The molecule has 6 nitrogen and oxygen atoms in total. The first-order valence-corrected chi connectivity index (χ1v) is 13.4. The van der Waals surface area contributed by atoms with Crippen LogP contribution < -0.4 is 4.91 Å². The van der Waals surface area contributed by atoms with Crippen molar-refractivity contribution in [3.8, 4) is 0 Å². The van der Waals surface area contributed by atoms with Gasteiger partial charge in [0.1, 0.15) is 17.2 Å². The van der Waals surface area contributed by atoms with Gasteiger partial charge in [0.2, 0.25) is 4.91 Å². The molecule has 0 heterocycles. The van der Waals surface area contributed by atoms with Gasteiger partial charge in [-0.15, -0.1) is 0 Å². The van der Waals surface area contributed by atoms with Crippen LogP contribution in [-0.2, 0) is 9.09 Å². The second-order valence-corrected chi connectivity index (χ2v) is 9.80. The van der Waals surface area contributed by atoms with E-state index < -0.39 is 7.60 Å². The molecule has 0 aromatic carbocycles. The predicted molar refractivity (Wildman–Crippen MR) is 117 cm³/mol. The van der Waals surface area contributed by atoms with E-state index in [1.54, 1.807) is 0 Å². The summed E-state index contributed by atoms with van der Waals surface area (Å²) in [6.07, 6.45) is 21.5. The summed E-state index contributed by atoms with van der Waals surface area (Å²) in [5.74, 6) is 0. The quantitative estimate of drug-likeness (QED) is 0.0830. The molecule has 0 rings (SSSR count). The van der Waals surface area contributed by atoms with Crippen LogP contribution in [0.1, 0.15) is 116 Å². The molecule has 28 heavy (non-hydrogen) atoms. The fourth-order valence-corrected chi connectivity index (χ4v) is 4.40. The summed E-state index contributed by atoms with van der Waals surface area (Å²) >= 11 is 0. The third-order valence-electron chi connectivity index (χ3n) is 5.06. The molecule has 1 unspecified atom stereocenters. The summed E-state index contributed by atoms with van der Waals surface area (Å²) in [4.78, 5) is 12.5. The Hall–Kier alpha value is -0.540. The molecule has 0 aromatic heterocycles. The molecule has 0 aromatic rings. The summed E-state index contributed by atoms with van der Waals surface area (Å²) in [5, 5.41) is 3.46. The molecule has 0 amide bonds. The zero-order valence-corrected chi connectivity index (χ0v) is 19.1. The van der Waals surface area contributed by atoms with Gasteiger partial charge in [-0.3, -0.25) is 4.57 Å². The molecule has 0 spiro atoms. The minimum Gasteiger partial charge on any atom is -0.324 e. The standard InChI is InChI=1S/C21H44N3O3P/c1-2-3-4-5-6-7-8-9-10-11-12-13-14-15-16-17-20-27-28(25,26)21-18-19-23-24-22/h22H,2-21H2,1H3/p+1. The van der Waals surface area contributed by atoms with Crippen LogP contribution in [0.5, 0.6) is 0 Å². The Labute approximate surface area is 173 Å². The number of hydrogen-bond acceptors (Lipinski definition) is 4. The van der Waals surface area contributed by atoms with Crippen molar-refractivity contribution in [1.29, 1.82) is 5.53 Å². The maximum Gasteiger partial charge on any atom is 0.328 e. The SMILES string of the molecule is CCCCCCCCCCCCCCCCCCOP(=O)(O)CCCN=[N+]=N. The zero-order chi connectivity index (χ0) is 20.8. The molecule has 166 valence electrons. The van der Waals surface area contributed by atoms with Crippen molar-refractivity contribution < 1.29 is 14.0 Å². The lowest BCUT2D eigenvalue weighted by molar-refractivity contribution is 0.252. The van der Waals surface area contributed by atoms with Crippen molar-refractivity contribution in [3.05, 3.63) is 0 Å². The Morgan fingerprint density at radius 1 is 0.786 bits per heavy atom. The van der Waals surface area contributed by atoms with E-state index in [1.165, 1.54) is 89.9 Å². The van der Waals surface area contributed by atoms with Crippen LogP contribution in [-0.4, -0.2) is 24.2 Å². The third kappa shape index (κ3) is 21.8. The van der Waals surface area contributed by atoms with Gasteiger partial charge in [0, 0.05) is 0 Å². The lowest BCUT2D eigenvalue weighted by Gasteiger charge is -2.10. The summed E-state index contributed by atoms with van der Waals surface area (Å²) in [7, 11) is -3.49. The van der Waals surface area contributed by atoms with Gasteiger partial charge in [-0.05, 0) is 12.8 Å². The molecule has 0 aliphatic heterocycles. The van der Waals surface area contributed by atoms with Crippen molar-refractivity contribution in [3.63, 3.8) is 0 Å². The van der Waals surface area contributed by atoms with Crippen LogP contribution in [0.3, 0.4) is 0 Å². The van der Waals surface area contributed by atoms with E-state index in [0.717, 1.165) is 12.8 Å². The van der Waals surface area contributed by atoms with Crippen LogP contribution in [0.4, 0.5) is 0 Å². The topological polar surface area (TPSA) is 96.8 Å². The van der Waals surface area contributed by atoms with Gasteiger partial charge in [-0.2, -0.15) is 0 Å². The van der Waals surface area contributed by atoms with E-state index in [0.29, 0.717) is 19.6 Å². The van der Waals surface area contributed by atoms with Crippen molar-refractivity contribution >= 4 is 7.60 Å². The zero-order valence-electron chi connectivity index (χ0n) is 18.2. The van der Waals surface area contributed by atoms with Crippen LogP contribution in [0.25, 0.3) is 0 Å². The van der Waals surface area contributed by atoms with Crippen LogP contribution in [0.2, 0.25) is 0 Å². The molecule has 0 aliphatic carbocycles. The second-order valence-electron chi connectivity index (χ2n) is 7.82. The molecule has 2 N–H and O–H groups in total. The summed E-state index contributed by atoms with van der Waals surface area (Å²) < 4.78 is 16.9. The average Bonchev–Trinajstić information content (AvgIpc) is 2.67. The molecule has 0 fully saturated rings. The summed E-state index contributed by atoms with van der Waals surface area (Å²) in [6, 6.07) is 0. The highest BCUT2D eigenvalue weighted by atomic mass is 31.2. The van der Waals surface area contributed by atoms with Gasteiger partial charge in [0.05, 0.1) is 12.8 Å².